The molecule has 0 spiro atoms. The van der Waals surface area contributed by atoms with Crippen LogP contribution < -0.4 is 5.32 Å². The zero-order chi connectivity index (χ0) is 21.0. The van der Waals surface area contributed by atoms with Crippen molar-refractivity contribution >= 4 is 17.6 Å². The molecular formula is C24H26N2O3. The molecule has 0 radical (unpaired) electrons. The summed E-state index contributed by atoms with van der Waals surface area (Å²) in [6, 6.07) is 17.6. The molecule has 0 aliphatic carbocycles. The van der Waals surface area contributed by atoms with Crippen LogP contribution in [-0.4, -0.2) is 23.1 Å². The van der Waals surface area contributed by atoms with Crippen LogP contribution in [0.3, 0.4) is 0 Å². The number of hydrogen-bond acceptors (Lipinski definition) is 3. The summed E-state index contributed by atoms with van der Waals surface area (Å²) in [7, 11) is 0. The van der Waals surface area contributed by atoms with Crippen LogP contribution in [0.1, 0.15) is 46.0 Å². The van der Waals surface area contributed by atoms with Crippen LogP contribution in [-0.2, 0) is 11.3 Å². The van der Waals surface area contributed by atoms with Crippen molar-refractivity contribution in [3.8, 4) is 11.1 Å². The maximum atomic E-state index is 13.2. The van der Waals surface area contributed by atoms with Crippen LogP contribution in [0.2, 0.25) is 0 Å². The number of nitrogens with one attached hydrogen (secondary N) is 1. The van der Waals surface area contributed by atoms with Crippen molar-refractivity contribution in [1.29, 1.82) is 0 Å². The van der Waals surface area contributed by atoms with Crippen molar-refractivity contribution in [2.75, 3.05) is 11.9 Å². The Morgan fingerprint density at radius 1 is 0.966 bits per heavy atom. The number of carbonyl (C=O) groups is 2. The van der Waals surface area contributed by atoms with E-state index in [2.05, 4.69) is 5.32 Å². The first-order valence-electron chi connectivity index (χ1n) is 9.82. The third-order valence-corrected chi connectivity index (χ3v) is 5.04. The van der Waals surface area contributed by atoms with E-state index in [1.807, 2.05) is 73.0 Å². The molecule has 29 heavy (non-hydrogen) atoms. The van der Waals surface area contributed by atoms with Gasteiger partial charge in [-0.2, -0.15) is 0 Å². The smallest absolute Gasteiger partial charge is 0.355 e. The Bertz CT molecular complexity index is 1040. The summed E-state index contributed by atoms with van der Waals surface area (Å²) in [5.74, 6) is -0.639. The fourth-order valence-electron chi connectivity index (χ4n) is 3.73. The van der Waals surface area contributed by atoms with Crippen LogP contribution in [0.4, 0.5) is 5.69 Å². The van der Waals surface area contributed by atoms with Gasteiger partial charge in [0.2, 0.25) is 0 Å². The third kappa shape index (κ3) is 3.94. The minimum absolute atomic E-state index is 0.235. The molecule has 0 aliphatic rings. The first-order chi connectivity index (χ1) is 14.0. The summed E-state index contributed by atoms with van der Waals surface area (Å²) in [4.78, 5) is 25.7. The summed E-state index contributed by atoms with van der Waals surface area (Å²) in [5, 5.41) is 3.04. The molecule has 0 saturated carbocycles. The van der Waals surface area contributed by atoms with Gasteiger partial charge in [-0.05, 0) is 44.9 Å². The lowest BCUT2D eigenvalue weighted by atomic mass is 10.0. The van der Waals surface area contributed by atoms with E-state index >= 15 is 0 Å². The molecule has 0 unspecified atom stereocenters. The number of aromatic nitrogens is 1. The SMILES string of the molecule is CCOC(=O)c1c(C)c(C(=O)Nc2ccccc2-c2ccccc2)c(C)n1CC. The topological polar surface area (TPSA) is 60.3 Å². The number of benzene rings is 2. The number of ether oxygens (including phenoxy) is 1. The van der Waals surface area contributed by atoms with E-state index in [1.165, 1.54) is 0 Å². The van der Waals surface area contributed by atoms with Gasteiger partial charge >= 0.3 is 5.97 Å². The van der Waals surface area contributed by atoms with Crippen LogP contribution in [0.15, 0.2) is 54.6 Å². The molecule has 3 aromatic rings. The monoisotopic (exact) mass is 390 g/mol. The van der Waals surface area contributed by atoms with Crippen LogP contribution >= 0.6 is 0 Å². The second kappa shape index (κ2) is 8.78. The minimum atomic E-state index is -0.404. The van der Waals surface area contributed by atoms with Crippen LogP contribution in [0, 0.1) is 13.8 Å². The predicted octanol–water partition coefficient (Wildman–Crippen LogP) is 5.22. The zero-order valence-corrected chi connectivity index (χ0v) is 17.3. The zero-order valence-electron chi connectivity index (χ0n) is 17.3. The number of hydrogen-bond donors (Lipinski definition) is 1. The highest BCUT2D eigenvalue weighted by atomic mass is 16.5. The summed E-state index contributed by atoms with van der Waals surface area (Å²) in [6.45, 7) is 8.24. The normalized spacial score (nSPS) is 10.6. The average Bonchev–Trinajstić information content (AvgIpc) is 2.98. The molecule has 2 aromatic carbocycles. The third-order valence-electron chi connectivity index (χ3n) is 5.04. The summed E-state index contributed by atoms with van der Waals surface area (Å²) >= 11 is 0. The minimum Gasteiger partial charge on any atom is -0.461 e. The standard InChI is InChI=1S/C24H26N2O3/c1-5-26-17(4)21(16(3)22(26)24(28)29-6-2)23(27)25-20-15-11-10-14-19(20)18-12-8-7-9-13-18/h7-15H,5-6H2,1-4H3,(H,25,27). The molecule has 0 atom stereocenters. The first-order valence-corrected chi connectivity index (χ1v) is 9.82. The maximum Gasteiger partial charge on any atom is 0.355 e. The van der Waals surface area contributed by atoms with Gasteiger partial charge in [0.25, 0.3) is 5.91 Å². The Morgan fingerprint density at radius 3 is 2.28 bits per heavy atom. The van der Waals surface area contributed by atoms with E-state index in [4.69, 9.17) is 4.74 Å². The molecule has 1 heterocycles. The van der Waals surface area contributed by atoms with Gasteiger partial charge in [-0.25, -0.2) is 4.79 Å². The molecule has 1 amide bonds. The maximum absolute atomic E-state index is 13.2. The van der Waals surface area contributed by atoms with Crippen molar-refractivity contribution in [1.82, 2.24) is 4.57 Å². The molecule has 0 saturated heterocycles. The largest absolute Gasteiger partial charge is 0.461 e. The molecule has 0 fully saturated rings. The second-order valence-electron chi connectivity index (χ2n) is 6.76. The fourth-order valence-corrected chi connectivity index (χ4v) is 3.73. The van der Waals surface area contributed by atoms with Gasteiger partial charge < -0.3 is 14.6 Å². The quantitative estimate of drug-likeness (QED) is 0.587. The number of amides is 1. The molecule has 0 bridgehead atoms. The van der Waals surface area contributed by atoms with E-state index in [-0.39, 0.29) is 12.5 Å². The van der Waals surface area contributed by atoms with Crippen molar-refractivity contribution < 1.29 is 14.3 Å². The Morgan fingerprint density at radius 2 is 1.62 bits per heavy atom. The lowest BCUT2D eigenvalue weighted by Crippen LogP contribution is -2.15. The van der Waals surface area contributed by atoms with Gasteiger partial charge in [0, 0.05) is 23.5 Å². The summed E-state index contributed by atoms with van der Waals surface area (Å²) < 4.78 is 7.04. The highest BCUT2D eigenvalue weighted by Gasteiger charge is 2.27. The molecule has 1 aromatic heterocycles. The lowest BCUT2D eigenvalue weighted by molar-refractivity contribution is 0.0512. The van der Waals surface area contributed by atoms with E-state index in [1.54, 1.807) is 13.8 Å². The van der Waals surface area contributed by atoms with Crippen LogP contribution in [0.25, 0.3) is 11.1 Å². The Balaban J connectivity index is 2.00. The fraction of sp³-hybridized carbons (Fsp3) is 0.250. The van der Waals surface area contributed by atoms with Crippen molar-refractivity contribution in [3.63, 3.8) is 0 Å². The van der Waals surface area contributed by atoms with Gasteiger partial charge in [0.15, 0.2) is 0 Å². The van der Waals surface area contributed by atoms with E-state index in [9.17, 15) is 9.59 Å². The van der Waals surface area contributed by atoms with Gasteiger partial charge in [-0.15, -0.1) is 0 Å². The second-order valence-corrected chi connectivity index (χ2v) is 6.76. The highest BCUT2D eigenvalue weighted by molar-refractivity contribution is 6.09. The average molecular weight is 390 g/mol. The molecule has 150 valence electrons. The van der Waals surface area contributed by atoms with E-state index in [0.717, 1.165) is 22.5 Å². The number of para-hydroxylation sites is 1. The highest BCUT2D eigenvalue weighted by Crippen LogP contribution is 2.29. The van der Waals surface area contributed by atoms with E-state index in [0.29, 0.717) is 23.4 Å². The summed E-state index contributed by atoms with van der Waals surface area (Å²) in [6.07, 6.45) is 0. The van der Waals surface area contributed by atoms with Crippen molar-refractivity contribution in [2.45, 2.75) is 34.2 Å². The number of esters is 1. The lowest BCUT2D eigenvalue weighted by Gasteiger charge is -2.12. The number of carbonyl (C=O) groups excluding carboxylic acids is 2. The molecule has 5 nitrogen and oxygen atoms in total. The van der Waals surface area contributed by atoms with Crippen LogP contribution in [0.5, 0.6) is 0 Å². The molecule has 3 rings (SSSR count). The van der Waals surface area contributed by atoms with Gasteiger partial charge in [0.1, 0.15) is 5.69 Å². The van der Waals surface area contributed by atoms with Gasteiger partial charge in [-0.3, -0.25) is 4.79 Å². The number of anilines is 1. The Labute approximate surface area is 171 Å². The Kier molecular flexibility index (Phi) is 6.17. The molecule has 0 aliphatic heterocycles. The summed E-state index contributed by atoms with van der Waals surface area (Å²) in [5.41, 5.74) is 5.03. The number of nitrogens with zero attached hydrogens (tertiary/aromatic N) is 1. The van der Waals surface area contributed by atoms with Crippen molar-refractivity contribution in [2.24, 2.45) is 0 Å². The van der Waals surface area contributed by atoms with Gasteiger partial charge in [0.05, 0.1) is 12.2 Å². The van der Waals surface area contributed by atoms with E-state index < -0.39 is 5.97 Å². The molecule has 5 heteroatoms. The molecule has 1 N–H and O–H groups in total. The first kappa shape index (κ1) is 20.4. The van der Waals surface area contributed by atoms with Gasteiger partial charge in [-0.1, -0.05) is 48.5 Å². The Hall–Kier alpha value is -3.34. The number of rotatable bonds is 6. The van der Waals surface area contributed by atoms with Crippen molar-refractivity contribution in [3.05, 3.63) is 77.1 Å². The molecular weight excluding hydrogens is 364 g/mol. The predicted molar refractivity (Wildman–Crippen MR) is 115 cm³/mol.